The van der Waals surface area contributed by atoms with Crippen LogP contribution in [0.2, 0.25) is 0 Å². The second-order valence-corrected chi connectivity index (χ2v) is 7.24. The Morgan fingerprint density at radius 2 is 1.70 bits per heavy atom. The maximum atomic E-state index is 12.5. The number of anilines is 1. The number of rotatable bonds is 7. The molecule has 0 aliphatic rings. The van der Waals surface area contributed by atoms with Crippen molar-refractivity contribution in [2.24, 2.45) is 0 Å². The zero-order chi connectivity index (χ0) is 20.8. The van der Waals surface area contributed by atoms with Crippen molar-refractivity contribution in [1.82, 2.24) is 25.1 Å². The van der Waals surface area contributed by atoms with E-state index in [-0.39, 0.29) is 12.4 Å². The number of carbonyl (C=O) groups is 1. The molecule has 0 bridgehead atoms. The molecule has 0 fully saturated rings. The van der Waals surface area contributed by atoms with E-state index in [1.807, 2.05) is 30.3 Å². The van der Waals surface area contributed by atoms with Gasteiger partial charge < -0.3 is 10.1 Å². The highest BCUT2D eigenvalue weighted by molar-refractivity contribution is 9.10. The van der Waals surface area contributed by atoms with Crippen LogP contribution in [0.4, 0.5) is 5.95 Å². The topological polar surface area (TPSA) is 103 Å². The van der Waals surface area contributed by atoms with Crippen LogP contribution in [0.1, 0.15) is 23.9 Å². The molecule has 0 aliphatic heterocycles. The van der Waals surface area contributed by atoms with Crippen LogP contribution in [0.5, 0.6) is 0 Å². The molecule has 0 radical (unpaired) electrons. The third kappa shape index (κ3) is 4.93. The van der Waals surface area contributed by atoms with E-state index < -0.39 is 6.10 Å². The van der Waals surface area contributed by atoms with Gasteiger partial charge in [0.2, 0.25) is 5.95 Å². The second-order valence-electron chi connectivity index (χ2n) is 6.32. The van der Waals surface area contributed by atoms with Gasteiger partial charge in [0, 0.05) is 23.4 Å². The molecule has 4 aromatic rings. The van der Waals surface area contributed by atoms with E-state index >= 15 is 0 Å². The normalized spacial score (nSPS) is 10.9. The third-order valence-electron chi connectivity index (χ3n) is 4.19. The van der Waals surface area contributed by atoms with Gasteiger partial charge in [-0.2, -0.15) is 0 Å². The lowest BCUT2D eigenvalue weighted by atomic mass is 10.1. The van der Waals surface area contributed by atoms with Crippen LogP contribution in [0.25, 0.3) is 11.0 Å². The van der Waals surface area contributed by atoms with Gasteiger partial charge in [0.05, 0.1) is 23.3 Å². The number of nitrogens with one attached hydrogen (secondary N) is 1. The molecule has 3 aromatic heterocycles. The zero-order valence-corrected chi connectivity index (χ0v) is 17.4. The Morgan fingerprint density at radius 1 is 0.967 bits per heavy atom. The summed E-state index contributed by atoms with van der Waals surface area (Å²) >= 11 is 3.39. The van der Waals surface area contributed by atoms with Crippen LogP contribution >= 0.6 is 15.9 Å². The summed E-state index contributed by atoms with van der Waals surface area (Å²) in [6.45, 7) is 0.305. The second kappa shape index (κ2) is 9.36. The summed E-state index contributed by atoms with van der Waals surface area (Å²) in [6.07, 6.45) is 2.77. The fourth-order valence-corrected chi connectivity index (χ4v) is 3.13. The molecule has 3 heterocycles. The van der Waals surface area contributed by atoms with Crippen LogP contribution in [0.3, 0.4) is 0 Å². The van der Waals surface area contributed by atoms with Crippen molar-refractivity contribution in [3.05, 3.63) is 82.9 Å². The molecule has 8 nitrogen and oxygen atoms in total. The molecule has 1 aromatic carbocycles. The Hall–Kier alpha value is -3.46. The quantitative estimate of drug-likeness (QED) is 0.412. The number of aromatic nitrogens is 5. The Morgan fingerprint density at radius 3 is 2.37 bits per heavy atom. The number of hydrogen-bond acceptors (Lipinski definition) is 8. The molecule has 0 unspecified atom stereocenters. The maximum absolute atomic E-state index is 12.5. The number of hydrogen-bond donors (Lipinski definition) is 1. The van der Waals surface area contributed by atoms with Crippen LogP contribution in [0, 0.1) is 0 Å². The van der Waals surface area contributed by atoms with Gasteiger partial charge in [-0.05, 0) is 42.5 Å². The molecule has 0 saturated carbocycles. The molecule has 0 aliphatic carbocycles. The molecular formula is C21H17BrN6O2. The molecule has 4 rings (SSSR count). The summed E-state index contributed by atoms with van der Waals surface area (Å²) < 4.78 is 6.59. The standard InChI is InChI=1S/C21H17BrN6O2/c22-14-7-8-15-18(13-14)27-28-21(26-15)25-12-9-19(29)30-20(16-5-1-3-10-23-16)17-6-2-4-11-24-17/h1-8,10-11,13,20H,9,12H2,(H,25,26,28). The fraction of sp³-hybridized carbons (Fsp3) is 0.143. The largest absolute Gasteiger partial charge is 0.449 e. The van der Waals surface area contributed by atoms with Gasteiger partial charge in [-0.1, -0.05) is 28.1 Å². The summed E-state index contributed by atoms with van der Waals surface area (Å²) in [4.78, 5) is 25.5. The average Bonchev–Trinajstić information content (AvgIpc) is 2.79. The molecular weight excluding hydrogens is 448 g/mol. The zero-order valence-electron chi connectivity index (χ0n) is 15.8. The number of esters is 1. The minimum atomic E-state index is -0.670. The van der Waals surface area contributed by atoms with Crippen LogP contribution in [0.15, 0.2) is 71.5 Å². The predicted molar refractivity (Wildman–Crippen MR) is 115 cm³/mol. The first-order valence-electron chi connectivity index (χ1n) is 9.24. The van der Waals surface area contributed by atoms with Gasteiger partial charge in [-0.25, -0.2) is 4.98 Å². The van der Waals surface area contributed by atoms with Crippen molar-refractivity contribution in [2.45, 2.75) is 12.5 Å². The fourth-order valence-electron chi connectivity index (χ4n) is 2.78. The molecule has 150 valence electrons. The van der Waals surface area contributed by atoms with E-state index in [0.717, 1.165) is 4.47 Å². The molecule has 0 spiro atoms. The van der Waals surface area contributed by atoms with E-state index in [1.54, 1.807) is 36.7 Å². The number of nitrogens with zero attached hydrogens (tertiary/aromatic N) is 5. The highest BCUT2D eigenvalue weighted by atomic mass is 79.9. The highest BCUT2D eigenvalue weighted by Crippen LogP contribution is 2.23. The lowest BCUT2D eigenvalue weighted by molar-refractivity contribution is -0.147. The van der Waals surface area contributed by atoms with E-state index in [2.05, 4.69) is 46.4 Å². The number of fused-ring (bicyclic) bond motifs is 1. The number of carbonyl (C=O) groups excluding carboxylic acids is 1. The molecule has 9 heteroatoms. The Bertz CT molecular complexity index is 1100. The number of halogens is 1. The van der Waals surface area contributed by atoms with Gasteiger partial charge in [0.15, 0.2) is 6.10 Å². The first kappa shape index (κ1) is 19.8. The minimum absolute atomic E-state index is 0.123. The lowest BCUT2D eigenvalue weighted by Gasteiger charge is -2.17. The van der Waals surface area contributed by atoms with E-state index in [0.29, 0.717) is 34.9 Å². The van der Waals surface area contributed by atoms with E-state index in [9.17, 15) is 4.79 Å². The summed E-state index contributed by atoms with van der Waals surface area (Å²) in [7, 11) is 0. The lowest BCUT2D eigenvalue weighted by Crippen LogP contribution is -2.18. The van der Waals surface area contributed by atoms with Crippen molar-refractivity contribution in [2.75, 3.05) is 11.9 Å². The first-order valence-corrected chi connectivity index (χ1v) is 10.0. The van der Waals surface area contributed by atoms with Crippen LogP contribution in [-0.4, -0.2) is 37.7 Å². The van der Waals surface area contributed by atoms with Gasteiger partial charge in [0.1, 0.15) is 5.52 Å². The Labute approximate surface area is 180 Å². The van der Waals surface area contributed by atoms with Gasteiger partial charge in [-0.15, -0.1) is 10.2 Å². The van der Waals surface area contributed by atoms with Gasteiger partial charge in [-0.3, -0.25) is 14.8 Å². The summed E-state index contributed by atoms with van der Waals surface area (Å²) in [5, 5.41) is 11.2. The first-order chi connectivity index (χ1) is 14.7. The smallest absolute Gasteiger partial charge is 0.308 e. The van der Waals surface area contributed by atoms with E-state index in [1.165, 1.54) is 0 Å². The van der Waals surface area contributed by atoms with Crippen molar-refractivity contribution < 1.29 is 9.53 Å². The van der Waals surface area contributed by atoms with Crippen molar-refractivity contribution in [3.8, 4) is 0 Å². The Balaban J connectivity index is 1.39. The van der Waals surface area contributed by atoms with Crippen LogP contribution < -0.4 is 5.32 Å². The average molecular weight is 465 g/mol. The van der Waals surface area contributed by atoms with Crippen molar-refractivity contribution in [3.63, 3.8) is 0 Å². The number of benzene rings is 1. The maximum Gasteiger partial charge on any atom is 0.308 e. The molecule has 30 heavy (non-hydrogen) atoms. The van der Waals surface area contributed by atoms with Gasteiger partial charge >= 0.3 is 5.97 Å². The Kier molecular flexibility index (Phi) is 6.19. The minimum Gasteiger partial charge on any atom is -0.449 e. The van der Waals surface area contributed by atoms with Crippen LogP contribution in [-0.2, 0) is 9.53 Å². The van der Waals surface area contributed by atoms with Gasteiger partial charge in [0.25, 0.3) is 0 Å². The monoisotopic (exact) mass is 464 g/mol. The van der Waals surface area contributed by atoms with E-state index in [4.69, 9.17) is 4.74 Å². The number of pyridine rings is 2. The highest BCUT2D eigenvalue weighted by Gasteiger charge is 2.21. The SMILES string of the molecule is O=C(CCNc1nnc2cc(Br)ccc2n1)OC(c1ccccn1)c1ccccn1. The van der Waals surface area contributed by atoms with Crippen molar-refractivity contribution >= 4 is 38.9 Å². The number of ether oxygens (including phenoxy) is 1. The predicted octanol–water partition coefficient (Wildman–Crippen LogP) is 3.71. The summed E-state index contributed by atoms with van der Waals surface area (Å²) in [5.74, 6) is -0.0369. The molecule has 0 saturated heterocycles. The molecule has 0 atom stereocenters. The third-order valence-corrected chi connectivity index (χ3v) is 4.68. The molecule has 0 amide bonds. The molecule has 1 N–H and O–H groups in total. The summed E-state index contributed by atoms with van der Waals surface area (Å²) in [5.41, 5.74) is 2.63. The summed E-state index contributed by atoms with van der Waals surface area (Å²) in [6, 6.07) is 16.5. The van der Waals surface area contributed by atoms with Crippen molar-refractivity contribution in [1.29, 1.82) is 0 Å².